The van der Waals surface area contributed by atoms with E-state index in [-0.39, 0.29) is 5.91 Å². The summed E-state index contributed by atoms with van der Waals surface area (Å²) in [6.07, 6.45) is 9.51. The molecule has 126 valence electrons. The Kier molecular flexibility index (Phi) is 5.43. The fourth-order valence-electron chi connectivity index (χ4n) is 3.01. The second kappa shape index (κ2) is 7.93. The summed E-state index contributed by atoms with van der Waals surface area (Å²) in [5.74, 6) is -0.0881. The van der Waals surface area contributed by atoms with Crippen molar-refractivity contribution in [1.29, 1.82) is 0 Å². The van der Waals surface area contributed by atoms with Gasteiger partial charge in [-0.25, -0.2) is 0 Å². The highest BCUT2D eigenvalue weighted by Crippen LogP contribution is 2.16. The van der Waals surface area contributed by atoms with E-state index in [0.29, 0.717) is 6.54 Å². The van der Waals surface area contributed by atoms with E-state index in [0.717, 1.165) is 12.1 Å². The molecule has 5 nitrogen and oxygen atoms in total. The zero-order chi connectivity index (χ0) is 16.8. The Morgan fingerprint density at radius 1 is 1.25 bits per heavy atom. The van der Waals surface area contributed by atoms with Crippen molar-refractivity contribution < 1.29 is 4.79 Å². The van der Waals surface area contributed by atoms with Crippen LogP contribution in [0, 0.1) is 0 Å². The SMILES string of the molecule is Cn1cc(/C=C\C(=O)NCc2ccccc2CN2CCCC2)cn1. The molecule has 0 atom stereocenters. The van der Waals surface area contributed by atoms with E-state index >= 15 is 0 Å². The molecule has 1 aliphatic heterocycles. The second-order valence-electron chi connectivity index (χ2n) is 6.25. The first kappa shape index (κ1) is 16.5. The molecule has 0 aliphatic carbocycles. The van der Waals surface area contributed by atoms with Crippen molar-refractivity contribution in [3.8, 4) is 0 Å². The van der Waals surface area contributed by atoms with Gasteiger partial charge in [-0.1, -0.05) is 24.3 Å². The van der Waals surface area contributed by atoms with E-state index in [1.807, 2.05) is 19.3 Å². The Hall–Kier alpha value is -2.40. The fourth-order valence-corrected chi connectivity index (χ4v) is 3.01. The van der Waals surface area contributed by atoms with E-state index < -0.39 is 0 Å². The molecule has 1 aliphatic rings. The number of nitrogens with zero attached hydrogens (tertiary/aromatic N) is 3. The number of nitrogens with one attached hydrogen (secondary N) is 1. The van der Waals surface area contributed by atoms with Crippen LogP contribution in [0.1, 0.15) is 29.5 Å². The summed E-state index contributed by atoms with van der Waals surface area (Å²) in [4.78, 5) is 14.5. The molecular formula is C19H24N4O. The Balaban J connectivity index is 1.55. The van der Waals surface area contributed by atoms with Gasteiger partial charge >= 0.3 is 0 Å². The second-order valence-corrected chi connectivity index (χ2v) is 6.25. The lowest BCUT2D eigenvalue weighted by molar-refractivity contribution is -0.116. The smallest absolute Gasteiger partial charge is 0.244 e. The zero-order valence-electron chi connectivity index (χ0n) is 14.1. The van der Waals surface area contributed by atoms with Crippen LogP contribution in [0.5, 0.6) is 0 Å². The lowest BCUT2D eigenvalue weighted by Gasteiger charge is -2.17. The molecule has 1 amide bonds. The van der Waals surface area contributed by atoms with E-state index in [4.69, 9.17) is 0 Å². The van der Waals surface area contributed by atoms with Gasteiger partial charge in [0, 0.05) is 38.0 Å². The lowest BCUT2D eigenvalue weighted by Crippen LogP contribution is -2.23. The molecule has 24 heavy (non-hydrogen) atoms. The van der Waals surface area contributed by atoms with Crippen LogP contribution in [0.3, 0.4) is 0 Å². The lowest BCUT2D eigenvalue weighted by atomic mass is 10.1. The average Bonchev–Trinajstić information content (AvgIpc) is 3.24. The number of carbonyl (C=O) groups is 1. The minimum absolute atomic E-state index is 0.0881. The van der Waals surface area contributed by atoms with Gasteiger partial charge in [0.2, 0.25) is 5.91 Å². The van der Waals surface area contributed by atoms with Gasteiger partial charge in [-0.3, -0.25) is 14.4 Å². The third-order valence-corrected chi connectivity index (χ3v) is 4.32. The maximum atomic E-state index is 12.0. The molecule has 2 aromatic rings. The number of rotatable bonds is 6. The molecule has 0 saturated carbocycles. The molecule has 1 N–H and O–H groups in total. The molecule has 0 spiro atoms. The van der Waals surface area contributed by atoms with Crippen molar-refractivity contribution in [2.75, 3.05) is 13.1 Å². The van der Waals surface area contributed by atoms with Crippen LogP contribution in [0.2, 0.25) is 0 Å². The predicted octanol–water partition coefficient (Wildman–Crippen LogP) is 2.35. The number of aryl methyl sites for hydroxylation is 1. The van der Waals surface area contributed by atoms with Crippen LogP contribution in [0.25, 0.3) is 6.08 Å². The van der Waals surface area contributed by atoms with E-state index in [2.05, 4.69) is 33.5 Å². The number of carbonyl (C=O) groups excluding carboxylic acids is 1. The monoisotopic (exact) mass is 324 g/mol. The number of aromatic nitrogens is 2. The molecule has 0 bridgehead atoms. The first-order valence-corrected chi connectivity index (χ1v) is 8.44. The molecule has 1 saturated heterocycles. The fraction of sp³-hybridized carbons (Fsp3) is 0.368. The van der Waals surface area contributed by atoms with Crippen LogP contribution < -0.4 is 5.32 Å². The van der Waals surface area contributed by atoms with E-state index in [9.17, 15) is 4.79 Å². The normalized spacial score (nSPS) is 15.2. The van der Waals surface area contributed by atoms with Gasteiger partial charge in [-0.15, -0.1) is 0 Å². The third kappa shape index (κ3) is 4.55. The summed E-state index contributed by atoms with van der Waals surface area (Å²) in [5, 5.41) is 7.05. The largest absolute Gasteiger partial charge is 0.348 e. The van der Waals surface area contributed by atoms with Crippen molar-refractivity contribution in [3.63, 3.8) is 0 Å². The first-order chi connectivity index (χ1) is 11.7. The zero-order valence-corrected chi connectivity index (χ0v) is 14.1. The maximum Gasteiger partial charge on any atom is 0.244 e. The Morgan fingerprint density at radius 2 is 2.00 bits per heavy atom. The van der Waals surface area contributed by atoms with Crippen LogP contribution in [-0.4, -0.2) is 33.7 Å². The van der Waals surface area contributed by atoms with Gasteiger partial charge in [-0.2, -0.15) is 5.10 Å². The summed E-state index contributed by atoms with van der Waals surface area (Å²) >= 11 is 0. The van der Waals surface area contributed by atoms with Gasteiger partial charge in [-0.05, 0) is 43.1 Å². The van der Waals surface area contributed by atoms with Gasteiger partial charge in [0.1, 0.15) is 0 Å². The van der Waals surface area contributed by atoms with Gasteiger partial charge in [0.05, 0.1) is 6.20 Å². The highest BCUT2D eigenvalue weighted by molar-refractivity contribution is 5.91. The summed E-state index contributed by atoms with van der Waals surface area (Å²) in [6, 6.07) is 8.35. The van der Waals surface area contributed by atoms with Crippen molar-refractivity contribution in [2.45, 2.75) is 25.9 Å². The summed E-state index contributed by atoms with van der Waals surface area (Å²) in [5.41, 5.74) is 3.41. The average molecular weight is 324 g/mol. The van der Waals surface area contributed by atoms with Gasteiger partial charge < -0.3 is 5.32 Å². The van der Waals surface area contributed by atoms with Gasteiger partial charge in [0.25, 0.3) is 0 Å². The van der Waals surface area contributed by atoms with Crippen molar-refractivity contribution >= 4 is 12.0 Å². The molecule has 1 aromatic carbocycles. The molecule has 3 rings (SSSR count). The quantitative estimate of drug-likeness (QED) is 0.830. The summed E-state index contributed by atoms with van der Waals surface area (Å²) < 4.78 is 1.71. The molecule has 5 heteroatoms. The van der Waals surface area contributed by atoms with Crippen molar-refractivity contribution in [1.82, 2.24) is 20.0 Å². The number of hydrogen-bond donors (Lipinski definition) is 1. The Morgan fingerprint density at radius 3 is 2.71 bits per heavy atom. The molecule has 0 radical (unpaired) electrons. The maximum absolute atomic E-state index is 12.0. The van der Waals surface area contributed by atoms with Crippen LogP contribution in [0.15, 0.2) is 42.7 Å². The van der Waals surface area contributed by atoms with Crippen molar-refractivity contribution in [3.05, 3.63) is 59.4 Å². The van der Waals surface area contributed by atoms with Crippen molar-refractivity contribution in [2.24, 2.45) is 7.05 Å². The number of hydrogen-bond acceptors (Lipinski definition) is 3. The Bertz CT molecular complexity index is 714. The molecule has 0 unspecified atom stereocenters. The minimum Gasteiger partial charge on any atom is -0.348 e. The first-order valence-electron chi connectivity index (χ1n) is 8.44. The standard InChI is InChI=1S/C19H24N4O/c1-22-14-16(12-21-22)8-9-19(24)20-13-17-6-2-3-7-18(17)15-23-10-4-5-11-23/h2-3,6-9,12,14H,4-5,10-11,13,15H2,1H3,(H,20,24)/b9-8-. The predicted molar refractivity (Wildman–Crippen MR) is 95.0 cm³/mol. The molecule has 2 heterocycles. The molecule has 1 fully saturated rings. The van der Waals surface area contributed by atoms with Gasteiger partial charge in [0.15, 0.2) is 0 Å². The summed E-state index contributed by atoms with van der Waals surface area (Å²) in [6.45, 7) is 3.88. The van der Waals surface area contributed by atoms with Crippen LogP contribution in [0.4, 0.5) is 0 Å². The minimum atomic E-state index is -0.0881. The number of benzene rings is 1. The Labute approximate surface area is 143 Å². The molecular weight excluding hydrogens is 300 g/mol. The van der Waals surface area contributed by atoms with E-state index in [1.54, 1.807) is 23.0 Å². The van der Waals surface area contributed by atoms with E-state index in [1.165, 1.54) is 37.1 Å². The third-order valence-electron chi connectivity index (χ3n) is 4.32. The van der Waals surface area contributed by atoms with Crippen LogP contribution in [-0.2, 0) is 24.9 Å². The number of amides is 1. The highest BCUT2D eigenvalue weighted by atomic mass is 16.1. The topological polar surface area (TPSA) is 50.2 Å². The summed E-state index contributed by atoms with van der Waals surface area (Å²) in [7, 11) is 1.86. The highest BCUT2D eigenvalue weighted by Gasteiger charge is 2.13. The van der Waals surface area contributed by atoms with Crippen LogP contribution >= 0.6 is 0 Å². The molecule has 1 aromatic heterocycles. The number of likely N-dealkylation sites (tertiary alicyclic amines) is 1.